The lowest BCUT2D eigenvalue weighted by Gasteiger charge is -2.39. The molecule has 21 heavy (non-hydrogen) atoms. The van der Waals surface area contributed by atoms with Crippen LogP contribution >= 0.6 is 0 Å². The number of hydrogen-bond donors (Lipinski definition) is 2. The molecule has 0 amide bonds. The molecule has 0 aromatic rings. The van der Waals surface area contributed by atoms with E-state index in [-0.39, 0.29) is 5.92 Å². The Morgan fingerprint density at radius 3 is 2.81 bits per heavy atom. The number of likely N-dealkylation sites (N-methyl/N-ethyl adjacent to an activating group) is 2. The van der Waals surface area contributed by atoms with E-state index >= 15 is 0 Å². The summed E-state index contributed by atoms with van der Waals surface area (Å²) in [7, 11) is 2.18. The predicted molar refractivity (Wildman–Crippen MR) is 84.5 cm³/mol. The van der Waals surface area contributed by atoms with Crippen molar-refractivity contribution < 1.29 is 9.90 Å². The summed E-state index contributed by atoms with van der Waals surface area (Å²) in [5.74, 6) is -0.386. The Bertz CT molecular complexity index is 363. The number of rotatable bonds is 6. The second-order valence-electron chi connectivity index (χ2n) is 6.81. The van der Waals surface area contributed by atoms with E-state index in [0.717, 1.165) is 58.4 Å². The van der Waals surface area contributed by atoms with Gasteiger partial charge >= 0.3 is 5.97 Å². The average molecular weight is 297 g/mol. The van der Waals surface area contributed by atoms with Crippen LogP contribution in [0.25, 0.3) is 0 Å². The minimum atomic E-state index is -0.674. The topological polar surface area (TPSA) is 55.8 Å². The highest BCUT2D eigenvalue weighted by Gasteiger charge is 2.48. The Morgan fingerprint density at radius 2 is 2.19 bits per heavy atom. The molecule has 1 aliphatic carbocycles. The van der Waals surface area contributed by atoms with Crippen LogP contribution in [0.4, 0.5) is 0 Å². The van der Waals surface area contributed by atoms with Crippen LogP contribution in [-0.4, -0.2) is 72.2 Å². The predicted octanol–water partition coefficient (Wildman–Crippen LogP) is 1.25. The summed E-state index contributed by atoms with van der Waals surface area (Å²) in [5, 5.41) is 13.0. The van der Waals surface area contributed by atoms with E-state index in [1.807, 2.05) is 6.92 Å². The van der Waals surface area contributed by atoms with Crippen LogP contribution in [0.1, 0.15) is 39.5 Å². The minimum Gasteiger partial charge on any atom is -0.480 e. The van der Waals surface area contributed by atoms with Gasteiger partial charge in [-0.3, -0.25) is 4.79 Å². The summed E-state index contributed by atoms with van der Waals surface area (Å²) in [6, 6.07) is 0.598. The number of aliphatic carboxylic acids is 1. The number of carbonyl (C=O) groups is 1. The first-order valence-corrected chi connectivity index (χ1v) is 8.40. The molecule has 122 valence electrons. The largest absolute Gasteiger partial charge is 0.480 e. The highest BCUT2D eigenvalue weighted by atomic mass is 16.4. The third-order valence-electron chi connectivity index (χ3n) is 5.53. The Balaban J connectivity index is 1.91. The summed E-state index contributed by atoms with van der Waals surface area (Å²) in [5.41, 5.74) is -0.674. The quantitative estimate of drug-likeness (QED) is 0.773. The van der Waals surface area contributed by atoms with Gasteiger partial charge in [-0.2, -0.15) is 0 Å². The molecule has 1 aliphatic heterocycles. The van der Waals surface area contributed by atoms with Crippen molar-refractivity contribution in [3.8, 4) is 0 Å². The molecule has 5 nitrogen and oxygen atoms in total. The van der Waals surface area contributed by atoms with Crippen LogP contribution in [0.3, 0.4) is 0 Å². The summed E-state index contributed by atoms with van der Waals surface area (Å²) in [6.07, 6.45) is 3.85. The van der Waals surface area contributed by atoms with E-state index in [4.69, 9.17) is 0 Å². The van der Waals surface area contributed by atoms with Crippen LogP contribution in [0.2, 0.25) is 0 Å². The molecule has 2 rings (SSSR count). The maximum absolute atomic E-state index is 11.8. The lowest BCUT2D eigenvalue weighted by Crippen LogP contribution is -2.56. The van der Waals surface area contributed by atoms with E-state index in [0.29, 0.717) is 6.04 Å². The van der Waals surface area contributed by atoms with Gasteiger partial charge in [0, 0.05) is 25.7 Å². The third kappa shape index (κ3) is 3.58. The molecule has 1 heterocycles. The van der Waals surface area contributed by atoms with Crippen LogP contribution < -0.4 is 5.32 Å². The zero-order valence-corrected chi connectivity index (χ0v) is 13.8. The van der Waals surface area contributed by atoms with E-state index in [1.54, 1.807) is 0 Å². The van der Waals surface area contributed by atoms with Crippen molar-refractivity contribution in [1.29, 1.82) is 0 Å². The molecule has 0 radical (unpaired) electrons. The van der Waals surface area contributed by atoms with Crippen molar-refractivity contribution in [2.24, 2.45) is 5.92 Å². The summed E-state index contributed by atoms with van der Waals surface area (Å²) in [6.45, 7) is 9.35. The number of nitrogens with zero attached hydrogens (tertiary/aromatic N) is 2. The molecular formula is C16H31N3O2. The Kier molecular flexibility index (Phi) is 5.63. The fourth-order valence-electron chi connectivity index (χ4n) is 4.04. The minimum absolute atomic E-state index is 0.268. The van der Waals surface area contributed by atoms with Gasteiger partial charge in [0.05, 0.1) is 0 Å². The van der Waals surface area contributed by atoms with Crippen molar-refractivity contribution >= 4 is 5.97 Å². The van der Waals surface area contributed by atoms with Crippen LogP contribution in [-0.2, 0) is 4.79 Å². The summed E-state index contributed by atoms with van der Waals surface area (Å²) >= 11 is 0. The fraction of sp³-hybridized carbons (Fsp3) is 0.938. The molecular weight excluding hydrogens is 266 g/mol. The lowest BCUT2D eigenvalue weighted by atomic mass is 9.84. The zero-order valence-electron chi connectivity index (χ0n) is 13.8. The fourth-order valence-corrected chi connectivity index (χ4v) is 4.04. The van der Waals surface area contributed by atoms with E-state index in [1.165, 1.54) is 0 Å². The first-order chi connectivity index (χ1) is 9.99. The normalized spacial score (nSPS) is 35.2. The standard InChI is InChI=1S/C16H31N3O2/c1-4-17-16(15(20)21)8-5-6-14(16)7-9-19-11-10-18(3)13(2)12-19/h13-14,17H,4-12H2,1-3H3,(H,20,21). The first kappa shape index (κ1) is 16.7. The molecule has 0 spiro atoms. The lowest BCUT2D eigenvalue weighted by molar-refractivity contribution is -0.146. The highest BCUT2D eigenvalue weighted by molar-refractivity contribution is 5.79. The summed E-state index contributed by atoms with van der Waals surface area (Å²) < 4.78 is 0. The van der Waals surface area contributed by atoms with Crippen molar-refractivity contribution in [2.75, 3.05) is 39.8 Å². The molecule has 0 bridgehead atoms. The van der Waals surface area contributed by atoms with Gasteiger partial charge in [0.25, 0.3) is 0 Å². The SMILES string of the molecule is CCNC1(C(=O)O)CCCC1CCN1CCN(C)C(C)C1. The molecule has 1 saturated carbocycles. The molecule has 1 saturated heterocycles. The third-order valence-corrected chi connectivity index (χ3v) is 5.53. The van der Waals surface area contributed by atoms with E-state index in [2.05, 4.69) is 29.1 Å². The zero-order chi connectivity index (χ0) is 15.5. The highest BCUT2D eigenvalue weighted by Crippen LogP contribution is 2.38. The molecule has 2 aliphatic rings. The second kappa shape index (κ2) is 7.07. The number of nitrogens with one attached hydrogen (secondary N) is 1. The van der Waals surface area contributed by atoms with Gasteiger partial charge in [-0.1, -0.05) is 13.3 Å². The molecule has 2 N–H and O–H groups in total. The Labute approximate surface area is 128 Å². The molecule has 0 aromatic heterocycles. The van der Waals surface area contributed by atoms with Gasteiger partial charge in [0.15, 0.2) is 0 Å². The van der Waals surface area contributed by atoms with Crippen LogP contribution in [0.15, 0.2) is 0 Å². The van der Waals surface area contributed by atoms with Gasteiger partial charge in [0.2, 0.25) is 0 Å². The Morgan fingerprint density at radius 1 is 1.43 bits per heavy atom. The van der Waals surface area contributed by atoms with Crippen molar-refractivity contribution in [2.45, 2.75) is 51.1 Å². The van der Waals surface area contributed by atoms with Crippen LogP contribution in [0.5, 0.6) is 0 Å². The molecule has 0 aromatic carbocycles. The first-order valence-electron chi connectivity index (χ1n) is 8.40. The maximum Gasteiger partial charge on any atom is 0.324 e. The molecule has 3 unspecified atom stereocenters. The molecule has 5 heteroatoms. The van der Waals surface area contributed by atoms with Gasteiger partial charge in [0.1, 0.15) is 5.54 Å². The summed E-state index contributed by atoms with van der Waals surface area (Å²) in [4.78, 5) is 16.7. The maximum atomic E-state index is 11.8. The number of piperazine rings is 1. The van der Waals surface area contributed by atoms with Gasteiger partial charge < -0.3 is 20.2 Å². The van der Waals surface area contributed by atoms with E-state index < -0.39 is 11.5 Å². The van der Waals surface area contributed by atoms with Gasteiger partial charge in [-0.15, -0.1) is 0 Å². The van der Waals surface area contributed by atoms with Crippen molar-refractivity contribution in [3.05, 3.63) is 0 Å². The average Bonchev–Trinajstić information content (AvgIpc) is 2.85. The number of carboxylic acids is 1. The van der Waals surface area contributed by atoms with Crippen molar-refractivity contribution in [3.63, 3.8) is 0 Å². The second-order valence-corrected chi connectivity index (χ2v) is 6.81. The number of hydrogen-bond acceptors (Lipinski definition) is 4. The monoisotopic (exact) mass is 297 g/mol. The Hall–Kier alpha value is -0.650. The van der Waals surface area contributed by atoms with Gasteiger partial charge in [-0.05, 0) is 52.2 Å². The van der Waals surface area contributed by atoms with Crippen molar-refractivity contribution in [1.82, 2.24) is 15.1 Å². The smallest absolute Gasteiger partial charge is 0.324 e. The van der Waals surface area contributed by atoms with Crippen LogP contribution in [0, 0.1) is 5.92 Å². The molecule has 3 atom stereocenters. The number of carboxylic acid groups (broad SMARTS) is 1. The van der Waals surface area contributed by atoms with E-state index in [9.17, 15) is 9.90 Å². The molecule has 2 fully saturated rings. The van der Waals surface area contributed by atoms with Gasteiger partial charge in [-0.25, -0.2) is 0 Å².